The zero-order chi connectivity index (χ0) is 15.3. The van der Waals surface area contributed by atoms with Crippen LogP contribution in [0.1, 0.15) is 56.7 Å². The van der Waals surface area contributed by atoms with Gasteiger partial charge in [-0.2, -0.15) is 0 Å². The van der Waals surface area contributed by atoms with Crippen molar-refractivity contribution in [1.29, 1.82) is 0 Å². The van der Waals surface area contributed by atoms with Gasteiger partial charge in [-0.1, -0.05) is 38.3 Å². The van der Waals surface area contributed by atoms with Crippen LogP contribution in [0.3, 0.4) is 0 Å². The van der Waals surface area contributed by atoms with Crippen molar-refractivity contribution in [3.63, 3.8) is 0 Å². The summed E-state index contributed by atoms with van der Waals surface area (Å²) in [5.41, 5.74) is 3.39. The number of rotatable bonds is 5. The fourth-order valence-corrected chi connectivity index (χ4v) is 2.59. The predicted octanol–water partition coefficient (Wildman–Crippen LogP) is 5.51. The highest BCUT2D eigenvalue weighted by molar-refractivity contribution is 6.32. The Morgan fingerprint density at radius 2 is 1.95 bits per heavy atom. The highest BCUT2D eigenvalue weighted by atomic mass is 35.5. The van der Waals surface area contributed by atoms with E-state index < -0.39 is 0 Å². The summed E-state index contributed by atoms with van der Waals surface area (Å²) in [4.78, 5) is 0. The predicted molar refractivity (Wildman–Crippen MR) is 87.7 cm³/mol. The molecule has 2 unspecified atom stereocenters. The molecule has 20 heavy (non-hydrogen) atoms. The second-order valence-electron chi connectivity index (χ2n) is 5.36. The monoisotopic (exact) mass is 292 g/mol. The van der Waals surface area contributed by atoms with Gasteiger partial charge in [-0.05, 0) is 50.3 Å². The topological polar surface area (TPSA) is 9.23 Å². The molecule has 0 aliphatic heterocycles. The second-order valence-corrected chi connectivity index (χ2v) is 5.74. The minimum atomic E-state index is 0.279. The minimum absolute atomic E-state index is 0.279. The van der Waals surface area contributed by atoms with Gasteiger partial charge >= 0.3 is 0 Å². The number of hydrogen-bond acceptors (Lipinski definition) is 1. The molecule has 0 fully saturated rings. The van der Waals surface area contributed by atoms with Crippen molar-refractivity contribution in [2.24, 2.45) is 5.92 Å². The molecule has 0 saturated carbocycles. The maximum Gasteiger partial charge on any atom is 0.123 e. The molecule has 0 amide bonds. The van der Waals surface area contributed by atoms with Gasteiger partial charge in [0.2, 0.25) is 0 Å². The Balaban J connectivity index is 3.32. The fraction of sp³-hybridized carbons (Fsp3) is 0.556. The minimum Gasteiger partial charge on any atom is -0.493 e. The highest BCUT2D eigenvalue weighted by Gasteiger charge is 2.22. The van der Waals surface area contributed by atoms with Gasteiger partial charge < -0.3 is 4.74 Å². The summed E-state index contributed by atoms with van der Waals surface area (Å²) < 4.78 is 5.95. The summed E-state index contributed by atoms with van der Waals surface area (Å²) in [7, 11) is 0. The number of halogens is 1. The molecular formula is C18H25ClO. The van der Waals surface area contributed by atoms with E-state index in [1.54, 1.807) is 0 Å². The molecule has 1 aromatic carbocycles. The van der Waals surface area contributed by atoms with Crippen LogP contribution in [-0.2, 0) is 0 Å². The van der Waals surface area contributed by atoms with Crippen LogP contribution in [-0.4, -0.2) is 6.61 Å². The first-order chi connectivity index (χ1) is 9.43. The van der Waals surface area contributed by atoms with Crippen molar-refractivity contribution in [1.82, 2.24) is 0 Å². The Morgan fingerprint density at radius 1 is 1.30 bits per heavy atom. The standard InChI is InChI=1S/C18H25ClO/c1-7-9-12(3)14(5)17-15(6)18(19)13(4)11-16(17)20-10-8-2/h11-12,14H,8,10H2,1-6H3. The molecule has 110 valence electrons. The Morgan fingerprint density at radius 3 is 2.50 bits per heavy atom. The van der Waals surface area contributed by atoms with Crippen LogP contribution in [0.4, 0.5) is 0 Å². The fourth-order valence-electron chi connectivity index (χ4n) is 2.44. The molecule has 0 spiro atoms. The van der Waals surface area contributed by atoms with Crippen molar-refractivity contribution in [3.8, 4) is 17.6 Å². The molecule has 0 aromatic heterocycles. The smallest absolute Gasteiger partial charge is 0.123 e. The molecule has 0 saturated heterocycles. The highest BCUT2D eigenvalue weighted by Crippen LogP contribution is 2.39. The molecule has 0 N–H and O–H groups in total. The summed E-state index contributed by atoms with van der Waals surface area (Å²) in [6.07, 6.45) is 0.999. The zero-order valence-electron chi connectivity index (χ0n) is 13.4. The molecule has 0 aliphatic rings. The third-order valence-electron chi connectivity index (χ3n) is 3.73. The van der Waals surface area contributed by atoms with Crippen LogP contribution in [0.15, 0.2) is 6.07 Å². The van der Waals surface area contributed by atoms with Crippen LogP contribution in [0, 0.1) is 31.6 Å². The molecule has 1 nitrogen and oxygen atoms in total. The third kappa shape index (κ3) is 3.70. The van der Waals surface area contributed by atoms with Crippen molar-refractivity contribution in [3.05, 3.63) is 27.8 Å². The van der Waals surface area contributed by atoms with Crippen molar-refractivity contribution >= 4 is 11.6 Å². The zero-order valence-corrected chi connectivity index (χ0v) is 14.2. The lowest BCUT2D eigenvalue weighted by atomic mass is 9.85. The van der Waals surface area contributed by atoms with Crippen molar-refractivity contribution < 1.29 is 4.74 Å². The molecule has 1 rings (SSSR count). The van der Waals surface area contributed by atoms with E-state index in [1.165, 1.54) is 5.56 Å². The van der Waals surface area contributed by atoms with E-state index in [2.05, 4.69) is 45.6 Å². The van der Waals surface area contributed by atoms with E-state index >= 15 is 0 Å². The van der Waals surface area contributed by atoms with Gasteiger partial charge in [0, 0.05) is 16.5 Å². The Labute approximate surface area is 128 Å². The van der Waals surface area contributed by atoms with E-state index in [1.807, 2.05) is 13.8 Å². The summed E-state index contributed by atoms with van der Waals surface area (Å²) >= 11 is 6.42. The van der Waals surface area contributed by atoms with Crippen LogP contribution in [0.5, 0.6) is 5.75 Å². The number of aryl methyl sites for hydroxylation is 1. The van der Waals surface area contributed by atoms with Gasteiger partial charge in [-0.25, -0.2) is 0 Å². The van der Waals surface area contributed by atoms with E-state index in [9.17, 15) is 0 Å². The molecule has 1 aromatic rings. The Kier molecular flexibility index (Phi) is 6.43. The van der Waals surface area contributed by atoms with Crippen LogP contribution >= 0.6 is 11.6 Å². The van der Waals surface area contributed by atoms with E-state index in [0.29, 0.717) is 5.92 Å². The summed E-state index contributed by atoms with van der Waals surface area (Å²) in [5, 5.41) is 0.840. The van der Waals surface area contributed by atoms with Gasteiger partial charge in [-0.15, -0.1) is 5.92 Å². The van der Waals surface area contributed by atoms with Crippen LogP contribution in [0.25, 0.3) is 0 Å². The lowest BCUT2D eigenvalue weighted by molar-refractivity contribution is 0.310. The van der Waals surface area contributed by atoms with E-state index in [4.69, 9.17) is 16.3 Å². The summed E-state index contributed by atoms with van der Waals surface area (Å²) in [6.45, 7) is 13.2. The molecular weight excluding hydrogens is 268 g/mol. The second kappa shape index (κ2) is 7.60. The van der Waals surface area contributed by atoms with Crippen molar-refractivity contribution in [2.45, 2.75) is 53.9 Å². The van der Waals surface area contributed by atoms with E-state index in [-0.39, 0.29) is 5.92 Å². The number of benzene rings is 1. The summed E-state index contributed by atoms with van der Waals surface area (Å²) in [6, 6.07) is 2.06. The normalized spacial score (nSPS) is 13.3. The van der Waals surface area contributed by atoms with Crippen LogP contribution < -0.4 is 4.74 Å². The lowest BCUT2D eigenvalue weighted by Crippen LogP contribution is -2.10. The lowest BCUT2D eigenvalue weighted by Gasteiger charge is -2.23. The average molecular weight is 293 g/mol. The molecule has 0 radical (unpaired) electrons. The van der Waals surface area contributed by atoms with Gasteiger partial charge in [0.15, 0.2) is 0 Å². The molecule has 2 heteroatoms. The first-order valence-corrected chi connectivity index (χ1v) is 7.66. The first kappa shape index (κ1) is 16.9. The molecule has 0 bridgehead atoms. The average Bonchev–Trinajstić information content (AvgIpc) is 2.42. The SMILES string of the molecule is CC#CC(C)C(C)c1c(OCCC)cc(C)c(Cl)c1C. The van der Waals surface area contributed by atoms with Gasteiger partial charge in [-0.3, -0.25) is 0 Å². The largest absolute Gasteiger partial charge is 0.493 e. The summed E-state index contributed by atoms with van der Waals surface area (Å²) in [5.74, 6) is 7.78. The van der Waals surface area contributed by atoms with Gasteiger partial charge in [0.1, 0.15) is 5.75 Å². The van der Waals surface area contributed by atoms with Crippen LogP contribution in [0.2, 0.25) is 5.02 Å². The van der Waals surface area contributed by atoms with Gasteiger partial charge in [0.25, 0.3) is 0 Å². The number of hydrogen-bond donors (Lipinski definition) is 0. The van der Waals surface area contributed by atoms with E-state index in [0.717, 1.165) is 34.9 Å². The third-order valence-corrected chi connectivity index (χ3v) is 4.31. The molecule has 2 atom stereocenters. The molecule has 0 aliphatic carbocycles. The Hall–Kier alpha value is -1.13. The molecule has 0 heterocycles. The quantitative estimate of drug-likeness (QED) is 0.650. The maximum absolute atomic E-state index is 6.42. The van der Waals surface area contributed by atoms with Gasteiger partial charge in [0.05, 0.1) is 6.61 Å². The van der Waals surface area contributed by atoms with Crippen molar-refractivity contribution in [2.75, 3.05) is 6.61 Å². The number of ether oxygens (including phenoxy) is 1. The maximum atomic E-state index is 6.42. The first-order valence-electron chi connectivity index (χ1n) is 7.28. The Bertz CT molecular complexity index is 522.